The van der Waals surface area contributed by atoms with Gasteiger partial charge in [0.2, 0.25) is 0 Å². The van der Waals surface area contributed by atoms with Crippen LogP contribution in [0.15, 0.2) is 0 Å². The van der Waals surface area contributed by atoms with Crippen LogP contribution in [-0.4, -0.2) is 67.1 Å². The number of hydrogen-bond acceptors (Lipinski definition) is 7. The van der Waals surface area contributed by atoms with Gasteiger partial charge in [0.1, 0.15) is 5.60 Å². The lowest BCUT2D eigenvalue weighted by atomic mass is 10.0. The Labute approximate surface area is 187 Å². The summed E-state index contributed by atoms with van der Waals surface area (Å²) in [5.41, 5.74) is -0.658. The van der Waals surface area contributed by atoms with Crippen LogP contribution in [0.3, 0.4) is 0 Å². The molecule has 0 saturated carbocycles. The number of esters is 1. The average Bonchev–Trinajstić information content (AvgIpc) is 2.94. The molecule has 180 valence electrons. The molecule has 1 rings (SSSR count). The van der Waals surface area contributed by atoms with Gasteiger partial charge in [0.15, 0.2) is 8.32 Å². The fourth-order valence-corrected chi connectivity index (χ4v) is 4.63. The Hall–Kier alpha value is -1.68. The van der Waals surface area contributed by atoms with Crippen LogP contribution < -0.4 is 0 Å². The Morgan fingerprint density at radius 3 is 2.23 bits per heavy atom. The van der Waals surface area contributed by atoms with Crippen molar-refractivity contribution in [2.45, 2.75) is 110 Å². The van der Waals surface area contributed by atoms with Gasteiger partial charge < -0.3 is 18.8 Å². The van der Waals surface area contributed by atoms with Crippen molar-refractivity contribution >= 4 is 20.4 Å². The summed E-state index contributed by atoms with van der Waals surface area (Å²) in [6, 6.07) is -1.75. The summed E-state index contributed by atoms with van der Waals surface area (Å²) in [6.07, 6.45) is 0.200. The van der Waals surface area contributed by atoms with Gasteiger partial charge >= 0.3 is 18.1 Å². The minimum Gasteiger partial charge on any atom is -0.461 e. The maximum absolute atomic E-state index is 12.8. The van der Waals surface area contributed by atoms with Crippen LogP contribution in [0, 0.1) is 10.1 Å². The number of amides is 1. The number of carbonyl (C=O) groups excluding carboxylic acids is 2. The normalized spacial score (nSPS) is 21.0. The molecule has 0 bridgehead atoms. The van der Waals surface area contributed by atoms with Crippen LogP contribution in [0.1, 0.15) is 67.7 Å². The van der Waals surface area contributed by atoms with Crippen molar-refractivity contribution in [3.8, 4) is 0 Å². The lowest BCUT2D eigenvalue weighted by Gasteiger charge is -2.38. The zero-order valence-electron chi connectivity index (χ0n) is 20.5. The largest absolute Gasteiger partial charge is 0.461 e. The Kier molecular flexibility index (Phi) is 9.08. The Morgan fingerprint density at radius 1 is 1.19 bits per heavy atom. The molecule has 0 aliphatic carbocycles. The number of likely N-dealkylation sites (tertiary alicyclic amines) is 1. The summed E-state index contributed by atoms with van der Waals surface area (Å²) in [5.74, 6) is -0.844. The molecule has 0 radical (unpaired) electrons. The highest BCUT2D eigenvalue weighted by Gasteiger charge is 2.45. The molecule has 0 aromatic rings. The van der Waals surface area contributed by atoms with E-state index in [0.29, 0.717) is 19.4 Å². The molecule has 1 amide bonds. The SMILES string of the molecule is CCOC(=O)C(CC[C@H]1C[C@@H](O[Si](C)(C)C(C)(C)C)CN1C(=O)OC(C)(C)C)[N+](=O)[O-]. The number of nitrogens with zero attached hydrogens (tertiary/aromatic N) is 2. The second-order valence-corrected chi connectivity index (χ2v) is 15.4. The molecule has 0 aromatic carbocycles. The number of rotatable bonds is 8. The molecule has 1 heterocycles. The molecule has 31 heavy (non-hydrogen) atoms. The second-order valence-electron chi connectivity index (χ2n) is 10.7. The summed E-state index contributed by atoms with van der Waals surface area (Å²) in [4.78, 5) is 37.1. The number of ether oxygens (including phenoxy) is 2. The number of nitro groups is 1. The van der Waals surface area contributed by atoms with Gasteiger partial charge in [-0.15, -0.1) is 0 Å². The van der Waals surface area contributed by atoms with Gasteiger partial charge in [-0.3, -0.25) is 10.1 Å². The zero-order valence-corrected chi connectivity index (χ0v) is 21.5. The van der Waals surface area contributed by atoms with Crippen LogP contribution in [0.25, 0.3) is 0 Å². The number of hydrogen-bond donors (Lipinski definition) is 0. The van der Waals surface area contributed by atoms with Gasteiger partial charge in [0, 0.05) is 23.9 Å². The van der Waals surface area contributed by atoms with Crippen LogP contribution in [0.4, 0.5) is 4.79 Å². The monoisotopic (exact) mass is 460 g/mol. The molecule has 1 saturated heterocycles. The van der Waals surface area contributed by atoms with Gasteiger partial charge in [-0.1, -0.05) is 20.8 Å². The lowest BCUT2D eigenvalue weighted by Crippen LogP contribution is -2.45. The molecule has 1 fully saturated rings. The molecule has 3 atom stereocenters. The van der Waals surface area contributed by atoms with Crippen molar-refractivity contribution in [3.63, 3.8) is 0 Å². The van der Waals surface area contributed by atoms with Gasteiger partial charge in [0.05, 0.1) is 12.7 Å². The van der Waals surface area contributed by atoms with Crippen molar-refractivity contribution in [3.05, 3.63) is 10.1 Å². The van der Waals surface area contributed by atoms with Crippen LogP contribution in [0.5, 0.6) is 0 Å². The first-order chi connectivity index (χ1) is 14.0. The van der Waals surface area contributed by atoms with E-state index in [1.807, 2.05) is 0 Å². The smallest absolute Gasteiger partial charge is 0.410 e. The van der Waals surface area contributed by atoms with E-state index in [1.54, 1.807) is 32.6 Å². The third-order valence-corrected chi connectivity index (χ3v) is 10.4. The van der Waals surface area contributed by atoms with E-state index >= 15 is 0 Å². The molecular weight excluding hydrogens is 420 g/mol. The summed E-state index contributed by atoms with van der Waals surface area (Å²) in [6.45, 7) is 18.2. The predicted octanol–water partition coefficient (Wildman–Crippen LogP) is 4.37. The van der Waals surface area contributed by atoms with E-state index in [9.17, 15) is 19.7 Å². The Bertz CT molecular complexity index is 655. The summed E-state index contributed by atoms with van der Waals surface area (Å²) in [5, 5.41) is 11.4. The Morgan fingerprint density at radius 2 is 1.77 bits per heavy atom. The van der Waals surface area contributed by atoms with Crippen molar-refractivity contribution in [2.24, 2.45) is 0 Å². The summed E-state index contributed by atoms with van der Waals surface area (Å²) in [7, 11) is -2.06. The first kappa shape index (κ1) is 27.4. The molecule has 1 aliphatic heterocycles. The summed E-state index contributed by atoms with van der Waals surface area (Å²) >= 11 is 0. The van der Waals surface area contributed by atoms with E-state index in [0.717, 1.165) is 0 Å². The summed E-state index contributed by atoms with van der Waals surface area (Å²) < 4.78 is 16.9. The molecule has 1 unspecified atom stereocenters. The Balaban J connectivity index is 2.99. The third kappa shape index (κ3) is 8.06. The van der Waals surface area contributed by atoms with Crippen molar-refractivity contribution in [1.29, 1.82) is 0 Å². The molecule has 0 N–H and O–H groups in total. The highest BCUT2D eigenvalue weighted by atomic mass is 28.4. The maximum atomic E-state index is 12.8. The topological polar surface area (TPSA) is 108 Å². The second kappa shape index (κ2) is 10.3. The van der Waals surface area contributed by atoms with Gasteiger partial charge in [0.25, 0.3) is 0 Å². The van der Waals surface area contributed by atoms with Crippen molar-refractivity contribution < 1.29 is 28.4 Å². The van der Waals surface area contributed by atoms with Gasteiger partial charge in [-0.25, -0.2) is 9.59 Å². The molecule has 0 aromatic heterocycles. The standard InChI is InChI=1S/C21H40N2O7Si/c1-10-28-18(24)17(23(26)27)12-11-15-13-16(30-31(8,9)21(5,6)7)14-22(15)19(25)29-20(2,3)4/h15-17H,10-14H2,1-9H3/t15-,16+,17?/m0/s1. The quantitative estimate of drug-likeness (QED) is 0.229. The highest BCUT2D eigenvalue weighted by Crippen LogP contribution is 2.39. The fraction of sp³-hybridized carbons (Fsp3) is 0.905. The molecule has 1 aliphatic rings. The van der Waals surface area contributed by atoms with Crippen molar-refractivity contribution in [1.82, 2.24) is 4.90 Å². The van der Waals surface area contributed by atoms with Gasteiger partial charge in [-0.2, -0.15) is 0 Å². The lowest BCUT2D eigenvalue weighted by molar-refractivity contribution is -0.511. The molecular formula is C21H40N2O7Si. The molecule has 0 spiro atoms. The fourth-order valence-electron chi connectivity index (χ4n) is 3.27. The molecule has 9 nitrogen and oxygen atoms in total. The van der Waals surface area contributed by atoms with E-state index in [4.69, 9.17) is 13.9 Å². The first-order valence-electron chi connectivity index (χ1n) is 11.0. The van der Waals surface area contributed by atoms with E-state index in [2.05, 4.69) is 33.9 Å². The number of carbonyl (C=O) groups is 2. The van der Waals surface area contributed by atoms with Crippen LogP contribution in [0.2, 0.25) is 18.1 Å². The minimum atomic E-state index is -2.06. The van der Waals surface area contributed by atoms with Gasteiger partial charge in [-0.05, 0) is 58.7 Å². The predicted molar refractivity (Wildman–Crippen MR) is 120 cm³/mol. The van der Waals surface area contributed by atoms with E-state index < -0.39 is 36.9 Å². The van der Waals surface area contributed by atoms with E-state index in [1.165, 1.54) is 0 Å². The minimum absolute atomic E-state index is 0.0113. The van der Waals surface area contributed by atoms with Crippen LogP contribution >= 0.6 is 0 Å². The molecule has 10 heteroatoms. The highest BCUT2D eigenvalue weighted by molar-refractivity contribution is 6.74. The van der Waals surface area contributed by atoms with E-state index in [-0.39, 0.29) is 30.2 Å². The van der Waals surface area contributed by atoms with Crippen LogP contribution in [-0.2, 0) is 18.7 Å². The van der Waals surface area contributed by atoms with Crippen molar-refractivity contribution in [2.75, 3.05) is 13.2 Å². The third-order valence-electron chi connectivity index (χ3n) is 5.86. The zero-order chi connectivity index (χ0) is 24.2. The average molecular weight is 461 g/mol. The maximum Gasteiger partial charge on any atom is 0.410 e. The first-order valence-corrected chi connectivity index (χ1v) is 13.9.